The van der Waals surface area contributed by atoms with E-state index >= 15 is 0 Å². The van der Waals surface area contributed by atoms with Gasteiger partial charge in [-0.2, -0.15) is 0 Å². The van der Waals surface area contributed by atoms with E-state index in [0.29, 0.717) is 28.3 Å². The Bertz CT molecular complexity index is 518. The number of halogens is 2. The second-order valence-corrected chi connectivity index (χ2v) is 5.60. The van der Waals surface area contributed by atoms with Crippen molar-refractivity contribution in [3.05, 3.63) is 27.7 Å². The van der Waals surface area contributed by atoms with Gasteiger partial charge in [0.25, 0.3) is 0 Å². The third kappa shape index (κ3) is 3.39. The summed E-state index contributed by atoms with van der Waals surface area (Å²) in [6.07, 6.45) is 0.102. The van der Waals surface area contributed by atoms with E-state index in [1.165, 1.54) is 0 Å². The van der Waals surface area contributed by atoms with E-state index in [4.69, 9.17) is 16.7 Å². The fourth-order valence-electron chi connectivity index (χ4n) is 1.91. The van der Waals surface area contributed by atoms with E-state index in [1.54, 1.807) is 23.1 Å². The number of carboxylic acid groups (broad SMARTS) is 1. The molecule has 0 aromatic heterocycles. The van der Waals surface area contributed by atoms with Crippen LogP contribution in [0.1, 0.15) is 6.42 Å². The Morgan fingerprint density at radius 2 is 2.16 bits per heavy atom. The molecule has 0 unspecified atom stereocenters. The van der Waals surface area contributed by atoms with Gasteiger partial charge in [-0.25, -0.2) is 4.79 Å². The Kier molecular flexibility index (Phi) is 4.31. The van der Waals surface area contributed by atoms with Crippen LogP contribution in [-0.4, -0.2) is 35.1 Å². The summed E-state index contributed by atoms with van der Waals surface area (Å²) in [6.45, 7) is 0.937. The molecule has 1 aromatic rings. The molecular formula is C12H12BrClN2O3. The first-order chi connectivity index (χ1) is 8.97. The maximum absolute atomic E-state index is 11.9. The van der Waals surface area contributed by atoms with Crippen molar-refractivity contribution in [2.45, 2.75) is 6.42 Å². The molecule has 2 amide bonds. The molecule has 7 heteroatoms. The zero-order chi connectivity index (χ0) is 14.0. The fraction of sp³-hybridized carbons (Fsp3) is 0.333. The van der Waals surface area contributed by atoms with Crippen LogP contribution in [0.4, 0.5) is 10.5 Å². The lowest BCUT2D eigenvalue weighted by Gasteiger charge is -2.38. The number of rotatable bonds is 3. The number of hydrogen-bond donors (Lipinski definition) is 2. The van der Waals surface area contributed by atoms with Gasteiger partial charge in [0, 0.05) is 19.0 Å². The summed E-state index contributed by atoms with van der Waals surface area (Å²) in [5, 5.41) is 11.9. The molecule has 1 aromatic carbocycles. The number of urea groups is 1. The van der Waals surface area contributed by atoms with Crippen molar-refractivity contribution in [2.75, 3.05) is 18.4 Å². The van der Waals surface area contributed by atoms with Gasteiger partial charge >= 0.3 is 12.0 Å². The summed E-state index contributed by atoms with van der Waals surface area (Å²) in [5.74, 6) is -0.784. The van der Waals surface area contributed by atoms with Gasteiger partial charge in [-0.1, -0.05) is 17.7 Å². The number of carbonyl (C=O) groups is 2. The lowest BCUT2D eigenvalue weighted by atomic mass is 9.97. The molecule has 2 N–H and O–H groups in total. The third-order valence-corrected chi connectivity index (χ3v) is 4.30. The minimum absolute atomic E-state index is 0.0473. The monoisotopic (exact) mass is 346 g/mol. The van der Waals surface area contributed by atoms with E-state index in [1.807, 2.05) is 0 Å². The summed E-state index contributed by atoms with van der Waals surface area (Å²) in [6, 6.07) is 4.95. The zero-order valence-electron chi connectivity index (χ0n) is 9.90. The normalized spacial score (nSPS) is 14.9. The predicted molar refractivity (Wildman–Crippen MR) is 75.5 cm³/mol. The lowest BCUT2D eigenvalue weighted by Crippen LogP contribution is -2.52. The molecule has 102 valence electrons. The van der Waals surface area contributed by atoms with Crippen LogP contribution in [0.5, 0.6) is 0 Å². The second kappa shape index (κ2) is 5.79. The molecule has 0 saturated carbocycles. The summed E-state index contributed by atoms with van der Waals surface area (Å²) < 4.78 is 0.632. The molecule has 5 nitrogen and oxygen atoms in total. The summed E-state index contributed by atoms with van der Waals surface area (Å²) in [5.41, 5.74) is 0.596. The van der Waals surface area contributed by atoms with Gasteiger partial charge in [-0.3, -0.25) is 4.79 Å². The summed E-state index contributed by atoms with van der Waals surface area (Å²) in [7, 11) is 0. The molecule has 1 fully saturated rings. The van der Waals surface area contributed by atoms with Gasteiger partial charge in [-0.15, -0.1) is 0 Å². The molecule has 1 aliphatic rings. The minimum atomic E-state index is -0.831. The smallest absolute Gasteiger partial charge is 0.321 e. The van der Waals surface area contributed by atoms with Gasteiger partial charge < -0.3 is 15.3 Å². The van der Waals surface area contributed by atoms with Gasteiger partial charge in [0.05, 0.1) is 21.6 Å². The Hall–Kier alpha value is -1.27. The number of benzene rings is 1. The van der Waals surface area contributed by atoms with E-state index in [9.17, 15) is 9.59 Å². The molecule has 0 atom stereocenters. The van der Waals surface area contributed by atoms with Crippen molar-refractivity contribution in [1.29, 1.82) is 0 Å². The van der Waals surface area contributed by atoms with Gasteiger partial charge in [0.2, 0.25) is 0 Å². The van der Waals surface area contributed by atoms with Crippen LogP contribution in [0.3, 0.4) is 0 Å². The molecule has 0 spiro atoms. The maximum atomic E-state index is 11.9. The number of likely N-dealkylation sites (tertiary alicyclic amines) is 1. The van der Waals surface area contributed by atoms with Gasteiger partial charge in [-0.05, 0) is 28.1 Å². The SMILES string of the molecule is O=C(O)CC1CN(C(=O)Nc2cccc(Cl)c2Br)C1. The fourth-order valence-corrected chi connectivity index (χ4v) is 2.44. The molecule has 1 saturated heterocycles. The maximum Gasteiger partial charge on any atom is 0.321 e. The Morgan fingerprint density at radius 3 is 2.79 bits per heavy atom. The average Bonchev–Trinajstić information content (AvgIpc) is 2.28. The van der Waals surface area contributed by atoms with Crippen molar-refractivity contribution in [1.82, 2.24) is 4.90 Å². The molecule has 0 aliphatic carbocycles. The topological polar surface area (TPSA) is 69.6 Å². The Balaban J connectivity index is 1.89. The molecule has 2 rings (SSSR count). The van der Waals surface area contributed by atoms with E-state index in [0.717, 1.165) is 0 Å². The van der Waals surface area contributed by atoms with Crippen molar-refractivity contribution in [2.24, 2.45) is 5.92 Å². The second-order valence-electron chi connectivity index (χ2n) is 4.40. The zero-order valence-corrected chi connectivity index (χ0v) is 12.2. The number of aliphatic carboxylic acids is 1. The number of anilines is 1. The largest absolute Gasteiger partial charge is 0.481 e. The quantitative estimate of drug-likeness (QED) is 0.883. The van der Waals surface area contributed by atoms with E-state index in [-0.39, 0.29) is 18.4 Å². The number of carbonyl (C=O) groups excluding carboxylic acids is 1. The van der Waals surface area contributed by atoms with Gasteiger partial charge in [0.15, 0.2) is 0 Å². The highest BCUT2D eigenvalue weighted by molar-refractivity contribution is 9.10. The Morgan fingerprint density at radius 1 is 1.47 bits per heavy atom. The van der Waals surface area contributed by atoms with Crippen molar-refractivity contribution in [3.8, 4) is 0 Å². The molecule has 19 heavy (non-hydrogen) atoms. The van der Waals surface area contributed by atoms with Crippen LogP contribution in [0, 0.1) is 5.92 Å². The number of nitrogens with zero attached hydrogens (tertiary/aromatic N) is 1. The summed E-state index contributed by atoms with van der Waals surface area (Å²) >= 11 is 9.23. The highest BCUT2D eigenvalue weighted by atomic mass is 79.9. The van der Waals surface area contributed by atoms with Crippen LogP contribution >= 0.6 is 27.5 Å². The Labute approximate surface area is 123 Å². The standard InChI is InChI=1S/C12H12BrClN2O3/c13-11-8(14)2-1-3-9(11)15-12(19)16-5-7(6-16)4-10(17)18/h1-3,7H,4-6H2,(H,15,19)(H,17,18). The first kappa shape index (κ1) is 14.1. The van der Waals surface area contributed by atoms with Gasteiger partial charge in [0.1, 0.15) is 0 Å². The first-order valence-corrected chi connectivity index (χ1v) is 6.86. The highest BCUT2D eigenvalue weighted by Gasteiger charge is 2.32. The first-order valence-electron chi connectivity index (χ1n) is 5.69. The molecular weight excluding hydrogens is 335 g/mol. The summed E-state index contributed by atoms with van der Waals surface area (Å²) in [4.78, 5) is 24.0. The van der Waals surface area contributed by atoms with Crippen LogP contribution in [0.2, 0.25) is 5.02 Å². The van der Waals surface area contributed by atoms with Crippen molar-refractivity contribution >= 4 is 45.2 Å². The predicted octanol–water partition coefficient (Wildman–Crippen LogP) is 3.04. The van der Waals surface area contributed by atoms with Crippen molar-refractivity contribution < 1.29 is 14.7 Å². The average molecular weight is 348 g/mol. The highest BCUT2D eigenvalue weighted by Crippen LogP contribution is 2.30. The van der Waals surface area contributed by atoms with Crippen LogP contribution in [-0.2, 0) is 4.79 Å². The molecule has 0 bridgehead atoms. The van der Waals surface area contributed by atoms with E-state index < -0.39 is 5.97 Å². The number of nitrogens with one attached hydrogen (secondary N) is 1. The number of hydrogen-bond acceptors (Lipinski definition) is 2. The van der Waals surface area contributed by atoms with Crippen LogP contribution in [0.15, 0.2) is 22.7 Å². The van der Waals surface area contributed by atoms with Crippen molar-refractivity contribution in [3.63, 3.8) is 0 Å². The van der Waals surface area contributed by atoms with Crippen LogP contribution in [0.25, 0.3) is 0 Å². The number of carboxylic acids is 1. The molecule has 1 aliphatic heterocycles. The minimum Gasteiger partial charge on any atom is -0.481 e. The molecule has 0 radical (unpaired) electrons. The lowest BCUT2D eigenvalue weighted by molar-refractivity contribution is -0.139. The molecule has 1 heterocycles. The third-order valence-electron chi connectivity index (χ3n) is 2.90. The number of amides is 2. The van der Waals surface area contributed by atoms with Crippen LogP contribution < -0.4 is 5.32 Å². The van der Waals surface area contributed by atoms with E-state index in [2.05, 4.69) is 21.2 Å².